The van der Waals surface area contributed by atoms with Gasteiger partial charge in [-0.05, 0) is 43.5 Å². The van der Waals surface area contributed by atoms with E-state index < -0.39 is 11.6 Å². The van der Waals surface area contributed by atoms with Crippen LogP contribution in [0.4, 0.5) is 14.7 Å². The minimum atomic E-state index is -1.01. The van der Waals surface area contributed by atoms with Crippen LogP contribution < -0.4 is 19.1 Å². The summed E-state index contributed by atoms with van der Waals surface area (Å²) >= 11 is 0. The van der Waals surface area contributed by atoms with Crippen LogP contribution in [0.25, 0.3) is 0 Å². The lowest BCUT2D eigenvalue weighted by Gasteiger charge is -2.32. The van der Waals surface area contributed by atoms with Crippen molar-refractivity contribution in [2.45, 2.75) is 32.2 Å². The van der Waals surface area contributed by atoms with Crippen LogP contribution in [0.2, 0.25) is 0 Å². The third-order valence-corrected chi connectivity index (χ3v) is 6.64. The Labute approximate surface area is 213 Å². The van der Waals surface area contributed by atoms with Crippen LogP contribution in [0.3, 0.4) is 0 Å². The Kier molecular flexibility index (Phi) is 7.07. The fourth-order valence-corrected chi connectivity index (χ4v) is 4.63. The molecule has 0 N–H and O–H groups in total. The van der Waals surface area contributed by atoms with Crippen molar-refractivity contribution in [2.24, 2.45) is 0 Å². The van der Waals surface area contributed by atoms with E-state index in [1.165, 1.54) is 20.3 Å². The van der Waals surface area contributed by atoms with Gasteiger partial charge >= 0.3 is 0 Å². The van der Waals surface area contributed by atoms with Gasteiger partial charge in [0.25, 0.3) is 5.91 Å². The van der Waals surface area contributed by atoms with Crippen molar-refractivity contribution < 1.29 is 27.8 Å². The zero-order chi connectivity index (χ0) is 25.9. The number of aromatic nitrogens is 2. The normalized spacial score (nSPS) is 15.2. The number of rotatable bonds is 6. The molecule has 0 bridgehead atoms. The topological polar surface area (TPSA) is 77.0 Å². The SMILES string of the molecule is COc1cc(OC)cc(C(=O)N2CCc3nc(N4CCCCC4)nc(Oc4ccc(F)c(F)c4)c3C2)c1. The van der Waals surface area contributed by atoms with E-state index in [2.05, 4.69) is 9.88 Å². The van der Waals surface area contributed by atoms with E-state index in [4.69, 9.17) is 19.2 Å². The molecule has 8 nitrogen and oxygen atoms in total. The van der Waals surface area contributed by atoms with Crippen molar-refractivity contribution in [3.63, 3.8) is 0 Å². The van der Waals surface area contributed by atoms with Crippen LogP contribution in [0.15, 0.2) is 36.4 Å². The summed E-state index contributed by atoms with van der Waals surface area (Å²) in [4.78, 5) is 26.7. The molecule has 37 heavy (non-hydrogen) atoms. The standard InChI is InChI=1S/C27H28F2N4O4/c1-35-19-12-17(13-20(14-19)36-2)26(34)33-11-8-24-21(16-33)25(37-18-6-7-22(28)23(29)15-18)31-27(30-24)32-9-4-3-5-10-32/h6-7,12-15H,3-5,8-11,16H2,1-2H3. The molecule has 1 saturated heterocycles. The third kappa shape index (κ3) is 5.28. The average molecular weight is 511 g/mol. The van der Waals surface area contributed by atoms with Crippen molar-refractivity contribution in [1.29, 1.82) is 0 Å². The maximum atomic E-state index is 13.9. The number of hydrogen-bond acceptors (Lipinski definition) is 7. The molecule has 0 spiro atoms. The highest BCUT2D eigenvalue weighted by Crippen LogP contribution is 2.33. The van der Waals surface area contributed by atoms with Crippen LogP contribution in [0.5, 0.6) is 23.1 Å². The van der Waals surface area contributed by atoms with Gasteiger partial charge in [0.1, 0.15) is 17.2 Å². The summed E-state index contributed by atoms with van der Waals surface area (Å²) in [6, 6.07) is 8.37. The summed E-state index contributed by atoms with van der Waals surface area (Å²) in [5.74, 6) is -0.260. The second kappa shape index (κ2) is 10.6. The predicted molar refractivity (Wildman–Crippen MR) is 133 cm³/mol. The Hall–Kier alpha value is -3.95. The maximum Gasteiger partial charge on any atom is 0.254 e. The van der Waals surface area contributed by atoms with E-state index >= 15 is 0 Å². The van der Waals surface area contributed by atoms with Crippen LogP contribution in [-0.4, -0.2) is 54.6 Å². The number of hydrogen-bond donors (Lipinski definition) is 0. The maximum absolute atomic E-state index is 13.9. The van der Waals surface area contributed by atoms with Gasteiger partial charge in [0, 0.05) is 43.8 Å². The molecule has 2 aromatic carbocycles. The number of methoxy groups -OCH3 is 2. The minimum absolute atomic E-state index is 0.116. The molecule has 0 unspecified atom stereocenters. The summed E-state index contributed by atoms with van der Waals surface area (Å²) in [7, 11) is 3.05. The summed E-state index contributed by atoms with van der Waals surface area (Å²) in [6.07, 6.45) is 3.75. The second-order valence-corrected chi connectivity index (χ2v) is 9.06. The lowest BCUT2D eigenvalue weighted by atomic mass is 10.0. The highest BCUT2D eigenvalue weighted by atomic mass is 19.2. The summed E-state index contributed by atoms with van der Waals surface area (Å²) < 4.78 is 44.0. The zero-order valence-corrected chi connectivity index (χ0v) is 20.8. The Bertz CT molecular complexity index is 1290. The van der Waals surface area contributed by atoms with E-state index in [0.717, 1.165) is 50.2 Å². The van der Waals surface area contributed by atoms with Gasteiger partial charge in [-0.1, -0.05) is 0 Å². The predicted octanol–water partition coefficient (Wildman–Crippen LogP) is 4.75. The Morgan fingerprint density at radius 2 is 1.59 bits per heavy atom. The summed E-state index contributed by atoms with van der Waals surface area (Å²) in [6.45, 7) is 2.33. The van der Waals surface area contributed by atoms with Gasteiger partial charge in [-0.15, -0.1) is 0 Å². The number of benzene rings is 2. The molecular formula is C27H28F2N4O4. The van der Waals surface area contributed by atoms with Gasteiger partial charge in [-0.25, -0.2) is 13.8 Å². The van der Waals surface area contributed by atoms with Gasteiger partial charge in [-0.3, -0.25) is 4.79 Å². The number of piperidine rings is 1. The number of carbonyl (C=O) groups is 1. The molecule has 1 aromatic heterocycles. The quantitative estimate of drug-likeness (QED) is 0.474. The number of carbonyl (C=O) groups excluding carboxylic acids is 1. The van der Waals surface area contributed by atoms with Crippen molar-refractivity contribution in [3.8, 4) is 23.1 Å². The molecule has 2 aliphatic heterocycles. The Balaban J connectivity index is 1.49. The van der Waals surface area contributed by atoms with Gasteiger partial charge in [0.2, 0.25) is 11.8 Å². The van der Waals surface area contributed by atoms with Crippen LogP contribution in [0, 0.1) is 11.6 Å². The van der Waals surface area contributed by atoms with Crippen molar-refractivity contribution >= 4 is 11.9 Å². The van der Waals surface area contributed by atoms with E-state index in [9.17, 15) is 13.6 Å². The molecule has 0 aliphatic carbocycles. The first kappa shape index (κ1) is 24.7. The fourth-order valence-electron chi connectivity index (χ4n) is 4.63. The van der Waals surface area contributed by atoms with Gasteiger partial charge in [-0.2, -0.15) is 4.98 Å². The molecule has 0 atom stereocenters. The first-order chi connectivity index (χ1) is 17.9. The highest BCUT2D eigenvalue weighted by Gasteiger charge is 2.29. The number of amides is 1. The fraction of sp³-hybridized carbons (Fsp3) is 0.370. The molecule has 2 aliphatic rings. The van der Waals surface area contributed by atoms with Crippen LogP contribution in [0.1, 0.15) is 40.9 Å². The lowest BCUT2D eigenvalue weighted by molar-refractivity contribution is 0.0731. The number of nitrogens with zero attached hydrogens (tertiary/aromatic N) is 4. The first-order valence-corrected chi connectivity index (χ1v) is 12.2. The monoisotopic (exact) mass is 510 g/mol. The Morgan fingerprint density at radius 3 is 2.27 bits per heavy atom. The molecule has 10 heteroatoms. The van der Waals surface area contributed by atoms with Gasteiger partial charge in [0.05, 0.1) is 32.0 Å². The minimum Gasteiger partial charge on any atom is -0.497 e. The van der Waals surface area contributed by atoms with E-state index in [0.29, 0.717) is 41.5 Å². The summed E-state index contributed by atoms with van der Waals surface area (Å²) in [5, 5.41) is 0. The Morgan fingerprint density at radius 1 is 0.865 bits per heavy atom. The molecule has 1 amide bonds. The van der Waals surface area contributed by atoms with E-state index in [-0.39, 0.29) is 24.1 Å². The summed E-state index contributed by atoms with van der Waals surface area (Å²) in [5.41, 5.74) is 1.84. The molecule has 5 rings (SSSR count). The molecule has 3 heterocycles. The average Bonchev–Trinajstić information content (AvgIpc) is 2.94. The number of fused-ring (bicyclic) bond motifs is 1. The van der Waals surface area contributed by atoms with Crippen molar-refractivity contribution in [3.05, 3.63) is 64.9 Å². The van der Waals surface area contributed by atoms with Crippen molar-refractivity contribution in [2.75, 3.05) is 38.8 Å². The largest absolute Gasteiger partial charge is 0.497 e. The van der Waals surface area contributed by atoms with Gasteiger partial charge < -0.3 is 24.0 Å². The van der Waals surface area contributed by atoms with Crippen LogP contribution in [-0.2, 0) is 13.0 Å². The highest BCUT2D eigenvalue weighted by molar-refractivity contribution is 5.95. The van der Waals surface area contributed by atoms with Crippen LogP contribution >= 0.6 is 0 Å². The number of halogens is 2. The smallest absolute Gasteiger partial charge is 0.254 e. The lowest BCUT2D eigenvalue weighted by Crippen LogP contribution is -2.37. The van der Waals surface area contributed by atoms with Gasteiger partial charge in [0.15, 0.2) is 11.6 Å². The molecular weight excluding hydrogens is 482 g/mol. The molecule has 0 saturated carbocycles. The van der Waals surface area contributed by atoms with Crippen molar-refractivity contribution in [1.82, 2.24) is 14.9 Å². The number of anilines is 1. The molecule has 1 fully saturated rings. The second-order valence-electron chi connectivity index (χ2n) is 9.06. The van der Waals surface area contributed by atoms with E-state index in [1.807, 2.05) is 0 Å². The third-order valence-electron chi connectivity index (χ3n) is 6.64. The molecule has 194 valence electrons. The molecule has 0 radical (unpaired) electrons. The first-order valence-electron chi connectivity index (χ1n) is 12.2. The van der Waals surface area contributed by atoms with E-state index in [1.54, 1.807) is 23.1 Å². The molecule has 3 aromatic rings. The zero-order valence-electron chi connectivity index (χ0n) is 20.8. The number of ether oxygens (including phenoxy) is 3.